The highest BCUT2D eigenvalue weighted by Gasteiger charge is 2.21. The molecule has 0 saturated carbocycles. The van der Waals surface area contributed by atoms with Crippen LogP contribution in [0.25, 0.3) is 11.0 Å². The van der Waals surface area contributed by atoms with E-state index in [9.17, 15) is 0 Å². The van der Waals surface area contributed by atoms with Crippen LogP contribution in [0.5, 0.6) is 5.88 Å². The van der Waals surface area contributed by atoms with Gasteiger partial charge in [-0.15, -0.1) is 0 Å². The summed E-state index contributed by atoms with van der Waals surface area (Å²) >= 11 is 0. The number of para-hydroxylation sites is 2. The molecular weight excluding hydrogens is 454 g/mol. The largest absolute Gasteiger partial charge is 0.471 e. The van der Waals surface area contributed by atoms with Crippen LogP contribution in [0, 0.1) is 0 Å². The molecule has 4 aromatic heterocycles. The fraction of sp³-hybridized carbons (Fsp3) is 0.259. The Morgan fingerprint density at radius 1 is 0.806 bits per heavy atom. The van der Waals surface area contributed by atoms with E-state index in [-0.39, 0.29) is 0 Å². The number of hydrogen-bond acceptors (Lipinski definition) is 8. The minimum absolute atomic E-state index is 0.402. The van der Waals surface area contributed by atoms with Crippen LogP contribution in [0.15, 0.2) is 83.7 Å². The van der Waals surface area contributed by atoms with Crippen molar-refractivity contribution in [3.05, 3.63) is 96.7 Å². The van der Waals surface area contributed by atoms with Gasteiger partial charge in [0, 0.05) is 38.4 Å². The average molecular weight is 482 g/mol. The summed E-state index contributed by atoms with van der Waals surface area (Å²) in [6, 6.07) is 19.9. The molecule has 0 amide bonds. The number of fused-ring (bicyclic) bond motifs is 1. The summed E-state index contributed by atoms with van der Waals surface area (Å²) < 4.78 is 13.6. The van der Waals surface area contributed by atoms with Crippen LogP contribution >= 0.6 is 0 Å². The van der Waals surface area contributed by atoms with Crippen molar-refractivity contribution in [2.75, 3.05) is 31.1 Å². The standard InChI is InChI=1S/C27H27N7O2/c1-2-8-23-22(7-1)30-25(34(23)19-27-29-12-17-35-27)18-32-13-15-33(16-14-32)24-9-5-10-26(31-24)36-20-21-6-3-4-11-28-21/h1-12,17H,13-16,18-20H2. The second kappa shape index (κ2) is 10.2. The lowest BCUT2D eigenvalue weighted by Gasteiger charge is -2.35. The Morgan fingerprint density at radius 2 is 1.69 bits per heavy atom. The molecule has 5 heterocycles. The topological polar surface area (TPSA) is 85.3 Å². The Kier molecular flexibility index (Phi) is 6.28. The van der Waals surface area contributed by atoms with Gasteiger partial charge in [-0.25, -0.2) is 9.97 Å². The molecule has 0 radical (unpaired) electrons. The highest BCUT2D eigenvalue weighted by molar-refractivity contribution is 5.76. The molecule has 36 heavy (non-hydrogen) atoms. The third kappa shape index (κ3) is 4.92. The van der Waals surface area contributed by atoms with Crippen molar-refractivity contribution >= 4 is 16.9 Å². The molecule has 0 spiro atoms. The molecule has 0 N–H and O–H groups in total. The molecule has 9 nitrogen and oxygen atoms in total. The van der Waals surface area contributed by atoms with E-state index in [0.717, 1.165) is 61.1 Å². The van der Waals surface area contributed by atoms with Gasteiger partial charge in [0.1, 0.15) is 31.1 Å². The van der Waals surface area contributed by atoms with E-state index in [1.165, 1.54) is 0 Å². The zero-order valence-corrected chi connectivity index (χ0v) is 19.9. The first kappa shape index (κ1) is 22.2. The van der Waals surface area contributed by atoms with Crippen LogP contribution in [0.2, 0.25) is 0 Å². The Balaban J connectivity index is 1.10. The van der Waals surface area contributed by atoms with Crippen LogP contribution in [0.3, 0.4) is 0 Å². The number of imidazole rings is 1. The Morgan fingerprint density at radius 3 is 2.53 bits per heavy atom. The maximum Gasteiger partial charge on any atom is 0.215 e. The molecule has 1 aromatic carbocycles. The molecule has 0 atom stereocenters. The van der Waals surface area contributed by atoms with E-state index < -0.39 is 0 Å². The second-order valence-electron chi connectivity index (χ2n) is 8.74. The van der Waals surface area contributed by atoms with Gasteiger partial charge in [0.15, 0.2) is 0 Å². The predicted molar refractivity (Wildman–Crippen MR) is 136 cm³/mol. The van der Waals surface area contributed by atoms with Crippen LogP contribution < -0.4 is 9.64 Å². The van der Waals surface area contributed by atoms with Gasteiger partial charge in [0.2, 0.25) is 11.8 Å². The zero-order valence-electron chi connectivity index (χ0n) is 19.9. The van der Waals surface area contributed by atoms with Crippen LogP contribution in [-0.2, 0) is 19.7 Å². The predicted octanol–water partition coefficient (Wildman–Crippen LogP) is 3.76. The van der Waals surface area contributed by atoms with Crippen molar-refractivity contribution < 1.29 is 9.15 Å². The number of oxazole rings is 1. The lowest BCUT2D eigenvalue weighted by atomic mass is 10.3. The maximum atomic E-state index is 5.87. The molecule has 182 valence electrons. The summed E-state index contributed by atoms with van der Waals surface area (Å²) in [5.74, 6) is 3.25. The monoisotopic (exact) mass is 481 g/mol. The lowest BCUT2D eigenvalue weighted by Crippen LogP contribution is -2.46. The van der Waals surface area contributed by atoms with Gasteiger partial charge < -0.3 is 18.6 Å². The van der Waals surface area contributed by atoms with Crippen molar-refractivity contribution in [2.24, 2.45) is 0 Å². The molecule has 0 unspecified atom stereocenters. The zero-order chi connectivity index (χ0) is 24.2. The van der Waals surface area contributed by atoms with Gasteiger partial charge in [0.05, 0.1) is 29.5 Å². The fourth-order valence-electron chi connectivity index (χ4n) is 4.52. The first-order chi connectivity index (χ1) is 17.8. The first-order valence-corrected chi connectivity index (χ1v) is 12.1. The van der Waals surface area contributed by atoms with E-state index in [4.69, 9.17) is 19.1 Å². The minimum atomic E-state index is 0.402. The average Bonchev–Trinajstić information content (AvgIpc) is 3.57. The number of benzene rings is 1. The summed E-state index contributed by atoms with van der Waals surface area (Å²) in [6.45, 7) is 5.35. The number of hydrogen-bond donors (Lipinski definition) is 0. The summed E-state index contributed by atoms with van der Waals surface area (Å²) in [5, 5.41) is 0. The van der Waals surface area contributed by atoms with Gasteiger partial charge in [0.25, 0.3) is 0 Å². The molecule has 9 heteroatoms. The fourth-order valence-corrected chi connectivity index (χ4v) is 4.52. The maximum absolute atomic E-state index is 5.87. The van der Waals surface area contributed by atoms with Gasteiger partial charge in [-0.3, -0.25) is 9.88 Å². The van der Waals surface area contributed by atoms with Crippen LogP contribution in [-0.4, -0.2) is 55.6 Å². The van der Waals surface area contributed by atoms with E-state index in [2.05, 4.69) is 36.5 Å². The highest BCUT2D eigenvalue weighted by Crippen LogP contribution is 2.22. The van der Waals surface area contributed by atoms with Crippen molar-refractivity contribution in [1.82, 2.24) is 29.4 Å². The number of pyridine rings is 2. The molecule has 5 aromatic rings. The van der Waals surface area contributed by atoms with Crippen LogP contribution in [0.4, 0.5) is 5.82 Å². The third-order valence-corrected chi connectivity index (χ3v) is 6.37. The number of piperazine rings is 1. The Bertz CT molecular complexity index is 1410. The molecule has 0 aliphatic carbocycles. The third-order valence-electron chi connectivity index (χ3n) is 6.37. The number of anilines is 1. The van der Waals surface area contributed by atoms with Crippen molar-refractivity contribution in [2.45, 2.75) is 19.7 Å². The first-order valence-electron chi connectivity index (χ1n) is 12.1. The van der Waals surface area contributed by atoms with E-state index in [1.54, 1.807) is 18.7 Å². The summed E-state index contributed by atoms with van der Waals surface area (Å²) in [7, 11) is 0. The second-order valence-corrected chi connectivity index (χ2v) is 8.74. The Labute approximate surface area is 209 Å². The normalized spacial score (nSPS) is 14.4. The minimum Gasteiger partial charge on any atom is -0.471 e. The number of ether oxygens (including phenoxy) is 1. The summed E-state index contributed by atoms with van der Waals surface area (Å²) in [6.07, 6.45) is 5.06. The van der Waals surface area contributed by atoms with Crippen molar-refractivity contribution in [3.8, 4) is 5.88 Å². The molecule has 1 saturated heterocycles. The van der Waals surface area contributed by atoms with Gasteiger partial charge in [-0.2, -0.15) is 4.98 Å². The van der Waals surface area contributed by atoms with Gasteiger partial charge >= 0.3 is 0 Å². The quantitative estimate of drug-likeness (QED) is 0.331. The molecule has 1 fully saturated rings. The highest BCUT2D eigenvalue weighted by atomic mass is 16.5. The smallest absolute Gasteiger partial charge is 0.215 e. The molecule has 1 aliphatic rings. The van der Waals surface area contributed by atoms with Gasteiger partial charge in [-0.1, -0.05) is 24.3 Å². The Hall–Kier alpha value is -4.24. The molecule has 6 rings (SSSR count). The molecular formula is C27H27N7O2. The molecule has 1 aliphatic heterocycles. The number of nitrogens with zero attached hydrogens (tertiary/aromatic N) is 7. The lowest BCUT2D eigenvalue weighted by molar-refractivity contribution is 0.240. The molecule has 0 bridgehead atoms. The van der Waals surface area contributed by atoms with E-state index in [1.807, 2.05) is 48.5 Å². The van der Waals surface area contributed by atoms with Crippen LogP contribution in [0.1, 0.15) is 17.4 Å². The SMILES string of the molecule is c1ccc(COc2cccc(N3CCN(Cc4nc5ccccc5n4Cc4ncco4)CC3)n2)nc1. The van der Waals surface area contributed by atoms with Crippen molar-refractivity contribution in [3.63, 3.8) is 0 Å². The van der Waals surface area contributed by atoms with Crippen molar-refractivity contribution in [1.29, 1.82) is 0 Å². The van der Waals surface area contributed by atoms with E-state index >= 15 is 0 Å². The van der Waals surface area contributed by atoms with Gasteiger partial charge in [-0.05, 0) is 30.3 Å². The number of rotatable bonds is 8. The number of aromatic nitrogens is 5. The summed E-state index contributed by atoms with van der Waals surface area (Å²) in [5.41, 5.74) is 2.97. The van der Waals surface area contributed by atoms with E-state index in [0.29, 0.717) is 24.9 Å². The summed E-state index contributed by atoms with van der Waals surface area (Å²) in [4.78, 5) is 23.0.